The maximum atomic E-state index is 2.44. The van der Waals surface area contributed by atoms with E-state index in [9.17, 15) is 0 Å². The van der Waals surface area contributed by atoms with Crippen LogP contribution in [0.25, 0.3) is 0 Å². The van der Waals surface area contributed by atoms with Crippen LogP contribution in [-0.4, -0.2) is 0 Å². The molecule has 2 rings (SSSR count). The number of fused-ring (bicyclic) bond motifs is 1. The van der Waals surface area contributed by atoms with Gasteiger partial charge in [0, 0.05) is 0 Å². The number of hydrogen-bond acceptors (Lipinski definition) is 0. The first-order valence-corrected chi connectivity index (χ1v) is 7.64. The molecule has 2 aliphatic carbocycles. The topological polar surface area (TPSA) is 0 Å². The van der Waals surface area contributed by atoms with Crippen molar-refractivity contribution in [1.82, 2.24) is 0 Å². The Bertz CT molecular complexity index is 282. The van der Waals surface area contributed by atoms with Crippen LogP contribution in [0, 0.1) is 17.8 Å². The van der Waals surface area contributed by atoms with Gasteiger partial charge < -0.3 is 0 Å². The highest BCUT2D eigenvalue weighted by Gasteiger charge is 2.32. The molecule has 17 heavy (non-hydrogen) atoms. The number of hydrogen-bond donors (Lipinski definition) is 0. The van der Waals surface area contributed by atoms with Gasteiger partial charge in [-0.15, -0.1) is 0 Å². The van der Waals surface area contributed by atoms with Crippen LogP contribution in [0.15, 0.2) is 23.8 Å². The minimum atomic E-state index is 0.861. The third kappa shape index (κ3) is 3.47. The highest BCUT2D eigenvalue weighted by atomic mass is 14.4. The van der Waals surface area contributed by atoms with E-state index in [2.05, 4.69) is 32.1 Å². The Balaban J connectivity index is 2.08. The first-order valence-electron chi connectivity index (χ1n) is 7.64. The molecule has 2 aliphatic rings. The largest absolute Gasteiger partial charge is 0.0845 e. The summed E-state index contributed by atoms with van der Waals surface area (Å²) in [6, 6.07) is 0. The van der Waals surface area contributed by atoms with E-state index in [-0.39, 0.29) is 0 Å². The maximum Gasteiger partial charge on any atom is -0.0169 e. The SMILES string of the molecule is CC(C)C1CC/C2=C/C=C\CCCCCCC21. The Morgan fingerprint density at radius 1 is 1.06 bits per heavy atom. The van der Waals surface area contributed by atoms with E-state index in [1.807, 2.05) is 0 Å². The smallest absolute Gasteiger partial charge is 0.0169 e. The summed E-state index contributed by atoms with van der Waals surface area (Å²) in [5.41, 5.74) is 1.75. The Kier molecular flexibility index (Phi) is 4.88. The zero-order valence-corrected chi connectivity index (χ0v) is 11.6. The average Bonchev–Trinajstić information content (AvgIpc) is 2.68. The van der Waals surface area contributed by atoms with Crippen LogP contribution >= 0.6 is 0 Å². The van der Waals surface area contributed by atoms with Gasteiger partial charge in [0.25, 0.3) is 0 Å². The molecule has 0 heterocycles. The molecule has 0 aromatic heterocycles. The van der Waals surface area contributed by atoms with Gasteiger partial charge in [-0.1, -0.05) is 56.9 Å². The third-order valence-corrected chi connectivity index (χ3v) is 4.70. The molecule has 0 radical (unpaired) electrons. The lowest BCUT2D eigenvalue weighted by atomic mass is 9.81. The maximum absolute atomic E-state index is 2.44. The van der Waals surface area contributed by atoms with Gasteiger partial charge >= 0.3 is 0 Å². The monoisotopic (exact) mass is 232 g/mol. The lowest BCUT2D eigenvalue weighted by Crippen LogP contribution is -2.15. The average molecular weight is 232 g/mol. The van der Waals surface area contributed by atoms with Crippen LogP contribution in [0.1, 0.15) is 65.2 Å². The molecule has 0 N–H and O–H groups in total. The first-order chi connectivity index (χ1) is 8.29. The highest BCUT2D eigenvalue weighted by molar-refractivity contribution is 5.20. The van der Waals surface area contributed by atoms with Gasteiger partial charge in [0.15, 0.2) is 0 Å². The predicted molar refractivity (Wildman–Crippen MR) is 76.0 cm³/mol. The molecule has 0 saturated heterocycles. The summed E-state index contributed by atoms with van der Waals surface area (Å²) < 4.78 is 0. The molecule has 0 heteroatoms. The molecule has 2 unspecified atom stereocenters. The van der Waals surface area contributed by atoms with E-state index in [1.165, 1.54) is 51.4 Å². The summed E-state index contributed by atoms with van der Waals surface area (Å²) in [5.74, 6) is 2.72. The Labute approximate surface area is 107 Å². The second-order valence-electron chi connectivity index (χ2n) is 6.21. The van der Waals surface area contributed by atoms with Crippen LogP contribution in [0.3, 0.4) is 0 Å². The molecule has 0 bridgehead atoms. The van der Waals surface area contributed by atoms with Crippen LogP contribution in [0.5, 0.6) is 0 Å². The normalized spacial score (nSPS) is 35.8. The summed E-state index contributed by atoms with van der Waals surface area (Å²) >= 11 is 0. The van der Waals surface area contributed by atoms with E-state index < -0.39 is 0 Å². The third-order valence-electron chi connectivity index (χ3n) is 4.70. The molecule has 0 aromatic rings. The lowest BCUT2D eigenvalue weighted by Gasteiger charge is -2.24. The molecule has 0 aliphatic heterocycles. The van der Waals surface area contributed by atoms with E-state index >= 15 is 0 Å². The van der Waals surface area contributed by atoms with Crippen molar-refractivity contribution in [2.75, 3.05) is 0 Å². The molecule has 2 atom stereocenters. The van der Waals surface area contributed by atoms with Gasteiger partial charge in [-0.3, -0.25) is 0 Å². The number of rotatable bonds is 1. The fraction of sp³-hybridized carbons (Fsp3) is 0.765. The fourth-order valence-electron chi connectivity index (χ4n) is 3.67. The second kappa shape index (κ2) is 6.42. The Morgan fingerprint density at radius 2 is 1.88 bits per heavy atom. The van der Waals surface area contributed by atoms with E-state index in [0.717, 1.165) is 17.8 Å². The predicted octanol–water partition coefficient (Wildman–Crippen LogP) is 5.51. The van der Waals surface area contributed by atoms with Crippen LogP contribution in [0.2, 0.25) is 0 Å². The van der Waals surface area contributed by atoms with Crippen molar-refractivity contribution < 1.29 is 0 Å². The summed E-state index contributed by atoms with van der Waals surface area (Å²) in [6.45, 7) is 4.82. The van der Waals surface area contributed by atoms with Crippen molar-refractivity contribution in [1.29, 1.82) is 0 Å². The van der Waals surface area contributed by atoms with Crippen molar-refractivity contribution in [3.8, 4) is 0 Å². The highest BCUT2D eigenvalue weighted by Crippen LogP contribution is 2.43. The summed E-state index contributed by atoms with van der Waals surface area (Å²) in [4.78, 5) is 0. The van der Waals surface area contributed by atoms with E-state index in [1.54, 1.807) is 5.57 Å². The molecule has 0 spiro atoms. The zero-order valence-electron chi connectivity index (χ0n) is 11.6. The van der Waals surface area contributed by atoms with Crippen molar-refractivity contribution in [2.45, 2.75) is 65.2 Å². The zero-order chi connectivity index (χ0) is 12.1. The van der Waals surface area contributed by atoms with Crippen molar-refractivity contribution in [2.24, 2.45) is 17.8 Å². The molecule has 0 amide bonds. The second-order valence-corrected chi connectivity index (χ2v) is 6.21. The Hall–Kier alpha value is -0.520. The van der Waals surface area contributed by atoms with Gasteiger partial charge in [-0.25, -0.2) is 0 Å². The van der Waals surface area contributed by atoms with Gasteiger partial charge in [0.05, 0.1) is 0 Å². The summed E-state index contributed by atoms with van der Waals surface area (Å²) in [7, 11) is 0. The first kappa shape index (κ1) is 12.9. The van der Waals surface area contributed by atoms with Gasteiger partial charge in [0.1, 0.15) is 0 Å². The van der Waals surface area contributed by atoms with Crippen molar-refractivity contribution in [3.63, 3.8) is 0 Å². The van der Waals surface area contributed by atoms with Crippen LogP contribution < -0.4 is 0 Å². The quantitative estimate of drug-likeness (QED) is 0.559. The summed E-state index contributed by atoms with van der Waals surface area (Å²) in [5, 5.41) is 0. The van der Waals surface area contributed by atoms with Gasteiger partial charge in [-0.2, -0.15) is 0 Å². The van der Waals surface area contributed by atoms with E-state index in [4.69, 9.17) is 0 Å². The van der Waals surface area contributed by atoms with Crippen molar-refractivity contribution in [3.05, 3.63) is 23.8 Å². The van der Waals surface area contributed by atoms with Crippen LogP contribution in [-0.2, 0) is 0 Å². The molecule has 1 saturated carbocycles. The van der Waals surface area contributed by atoms with Gasteiger partial charge in [0.2, 0.25) is 0 Å². The van der Waals surface area contributed by atoms with Crippen molar-refractivity contribution >= 4 is 0 Å². The fourth-order valence-corrected chi connectivity index (χ4v) is 3.67. The minimum absolute atomic E-state index is 0.861. The molecule has 0 aromatic carbocycles. The number of allylic oxidation sites excluding steroid dienone is 4. The Morgan fingerprint density at radius 3 is 2.71 bits per heavy atom. The lowest BCUT2D eigenvalue weighted by molar-refractivity contribution is 0.296. The molecular formula is C17H28. The summed E-state index contributed by atoms with van der Waals surface area (Å²) in [6.07, 6.45) is 18.4. The molecular weight excluding hydrogens is 204 g/mol. The van der Waals surface area contributed by atoms with Crippen LogP contribution in [0.4, 0.5) is 0 Å². The minimum Gasteiger partial charge on any atom is -0.0845 e. The molecule has 1 fully saturated rings. The standard InChI is InChI=1S/C17H28/c1-14(2)16-13-12-15-10-8-6-4-3-5-7-9-11-17(15)16/h6,8,10,14,16-17H,3-5,7,9,11-13H2,1-2H3/b8-6-,15-10-. The molecule has 96 valence electrons. The molecule has 0 nitrogen and oxygen atoms in total. The van der Waals surface area contributed by atoms with E-state index in [0.29, 0.717) is 0 Å². The van der Waals surface area contributed by atoms with Gasteiger partial charge in [-0.05, 0) is 49.9 Å².